The van der Waals surface area contributed by atoms with Crippen molar-refractivity contribution in [3.05, 3.63) is 42.5 Å². The number of carbonyl (C=O) groups is 2. The van der Waals surface area contributed by atoms with Gasteiger partial charge in [0, 0.05) is 5.39 Å². The van der Waals surface area contributed by atoms with Crippen LogP contribution in [0.3, 0.4) is 0 Å². The summed E-state index contributed by atoms with van der Waals surface area (Å²) >= 11 is 0. The molecule has 7 nitrogen and oxygen atoms in total. The predicted molar refractivity (Wildman–Crippen MR) is 103 cm³/mol. The van der Waals surface area contributed by atoms with Crippen LogP contribution >= 0.6 is 0 Å². The average Bonchev–Trinajstić information content (AvgIpc) is 2.68. The van der Waals surface area contributed by atoms with Crippen LogP contribution in [0.25, 0.3) is 10.8 Å². The fourth-order valence-electron chi connectivity index (χ4n) is 2.71. The van der Waals surface area contributed by atoms with Crippen LogP contribution in [0.15, 0.2) is 47.4 Å². The van der Waals surface area contributed by atoms with Gasteiger partial charge in [-0.15, -0.1) is 0 Å². The highest BCUT2D eigenvalue weighted by Crippen LogP contribution is 2.22. The largest absolute Gasteiger partial charge is 0.467 e. The number of amides is 1. The zero-order chi connectivity index (χ0) is 19.9. The molecule has 2 aromatic rings. The average molecular weight is 392 g/mol. The number of sulfonamides is 1. The number of hydrogen-bond acceptors (Lipinski definition) is 5. The number of nitrogens with one attached hydrogen (secondary N) is 2. The van der Waals surface area contributed by atoms with Crippen molar-refractivity contribution in [2.24, 2.45) is 0 Å². The maximum absolute atomic E-state index is 12.6. The Labute approximate surface area is 159 Å². The Morgan fingerprint density at radius 1 is 1.11 bits per heavy atom. The van der Waals surface area contributed by atoms with E-state index in [1.54, 1.807) is 18.2 Å². The Morgan fingerprint density at radius 2 is 1.81 bits per heavy atom. The van der Waals surface area contributed by atoms with Gasteiger partial charge in [0.2, 0.25) is 15.9 Å². The Hall–Kier alpha value is -2.45. The first kappa shape index (κ1) is 20.9. The van der Waals surface area contributed by atoms with Crippen LogP contribution in [0.2, 0.25) is 0 Å². The van der Waals surface area contributed by atoms with Crippen molar-refractivity contribution in [1.29, 1.82) is 0 Å². The number of rotatable bonds is 9. The minimum absolute atomic E-state index is 0.101. The number of hydrogen-bond donors (Lipinski definition) is 2. The van der Waals surface area contributed by atoms with Gasteiger partial charge in [0.15, 0.2) is 0 Å². The molecule has 1 atom stereocenters. The SMILES string of the molecule is CCCCC(NC(=O)CNS(=O)(=O)c1cccc2ccccc12)C(=O)OC. The van der Waals surface area contributed by atoms with E-state index in [1.165, 1.54) is 13.2 Å². The van der Waals surface area contributed by atoms with Gasteiger partial charge >= 0.3 is 5.97 Å². The summed E-state index contributed by atoms with van der Waals surface area (Å²) in [5, 5.41) is 3.88. The first-order valence-electron chi connectivity index (χ1n) is 8.73. The molecule has 0 aliphatic rings. The third kappa shape index (κ3) is 5.51. The summed E-state index contributed by atoms with van der Waals surface area (Å²) in [6.07, 6.45) is 2.03. The zero-order valence-corrected chi connectivity index (χ0v) is 16.2. The molecule has 0 fully saturated rings. The highest BCUT2D eigenvalue weighted by atomic mass is 32.2. The van der Waals surface area contributed by atoms with Gasteiger partial charge in [-0.3, -0.25) is 4.79 Å². The minimum Gasteiger partial charge on any atom is -0.467 e. The number of benzene rings is 2. The van der Waals surface area contributed by atoms with E-state index in [2.05, 4.69) is 14.8 Å². The van der Waals surface area contributed by atoms with Gasteiger partial charge < -0.3 is 10.1 Å². The number of carbonyl (C=O) groups excluding carboxylic acids is 2. The lowest BCUT2D eigenvalue weighted by atomic mass is 10.1. The standard InChI is InChI=1S/C19H24N2O5S/c1-3-4-11-16(19(23)26-2)21-18(22)13-20-27(24,25)17-12-7-9-14-8-5-6-10-15(14)17/h5-10,12,16,20H,3-4,11,13H2,1-2H3,(H,21,22). The van der Waals surface area contributed by atoms with Gasteiger partial charge in [-0.2, -0.15) is 0 Å². The van der Waals surface area contributed by atoms with Gasteiger partial charge in [0.1, 0.15) is 6.04 Å². The molecule has 2 rings (SSSR count). The van der Waals surface area contributed by atoms with E-state index in [-0.39, 0.29) is 4.90 Å². The summed E-state index contributed by atoms with van der Waals surface area (Å²) in [5.74, 6) is -1.14. The maximum atomic E-state index is 12.6. The molecule has 0 saturated carbocycles. The molecule has 8 heteroatoms. The van der Waals surface area contributed by atoms with Crippen LogP contribution in [-0.2, 0) is 24.3 Å². The van der Waals surface area contributed by atoms with Crippen LogP contribution < -0.4 is 10.0 Å². The minimum atomic E-state index is -3.89. The lowest BCUT2D eigenvalue weighted by molar-refractivity contribution is -0.145. The second-order valence-electron chi connectivity index (χ2n) is 6.09. The molecule has 0 radical (unpaired) electrons. The molecule has 0 aliphatic carbocycles. The van der Waals surface area contributed by atoms with Crippen molar-refractivity contribution in [2.75, 3.05) is 13.7 Å². The molecule has 0 aromatic heterocycles. The molecule has 2 aromatic carbocycles. The van der Waals surface area contributed by atoms with E-state index >= 15 is 0 Å². The van der Waals surface area contributed by atoms with Crippen LogP contribution in [0.4, 0.5) is 0 Å². The number of methoxy groups -OCH3 is 1. The van der Waals surface area contributed by atoms with E-state index in [0.29, 0.717) is 11.8 Å². The number of fused-ring (bicyclic) bond motifs is 1. The van der Waals surface area contributed by atoms with Gasteiger partial charge in [-0.1, -0.05) is 56.2 Å². The summed E-state index contributed by atoms with van der Waals surface area (Å²) in [6, 6.07) is 11.3. The first-order valence-corrected chi connectivity index (χ1v) is 10.2. The molecule has 1 unspecified atom stereocenters. The normalized spacial score (nSPS) is 12.5. The summed E-state index contributed by atoms with van der Waals surface area (Å²) < 4.78 is 32.2. The van der Waals surface area contributed by atoms with Crippen LogP contribution in [0, 0.1) is 0 Å². The van der Waals surface area contributed by atoms with Gasteiger partial charge in [0.25, 0.3) is 0 Å². The first-order chi connectivity index (χ1) is 12.9. The van der Waals surface area contributed by atoms with Crippen molar-refractivity contribution in [3.63, 3.8) is 0 Å². The summed E-state index contributed by atoms with van der Waals surface area (Å²) in [4.78, 5) is 24.0. The van der Waals surface area contributed by atoms with Crippen molar-refractivity contribution >= 4 is 32.7 Å². The second-order valence-corrected chi connectivity index (χ2v) is 7.82. The maximum Gasteiger partial charge on any atom is 0.328 e. The Kier molecular flexibility index (Phi) is 7.32. The Balaban J connectivity index is 2.07. The molecule has 0 bridgehead atoms. The van der Waals surface area contributed by atoms with Gasteiger partial charge in [0.05, 0.1) is 18.6 Å². The molecule has 146 valence electrons. The van der Waals surface area contributed by atoms with Crippen molar-refractivity contribution in [1.82, 2.24) is 10.0 Å². The monoisotopic (exact) mass is 392 g/mol. The zero-order valence-electron chi connectivity index (χ0n) is 15.4. The smallest absolute Gasteiger partial charge is 0.328 e. The van der Waals surface area contributed by atoms with Gasteiger partial charge in [-0.25, -0.2) is 17.9 Å². The number of unbranched alkanes of at least 4 members (excludes halogenated alkanes) is 1. The quantitative estimate of drug-likeness (QED) is 0.635. The third-order valence-corrected chi connectivity index (χ3v) is 5.59. The second kappa shape index (κ2) is 9.48. The summed E-state index contributed by atoms with van der Waals surface area (Å²) in [7, 11) is -2.64. The fraction of sp³-hybridized carbons (Fsp3) is 0.368. The van der Waals surface area contributed by atoms with Crippen molar-refractivity contribution < 1.29 is 22.7 Å². The molecule has 0 aliphatic heterocycles. The highest BCUT2D eigenvalue weighted by molar-refractivity contribution is 7.89. The number of ether oxygens (including phenoxy) is 1. The predicted octanol–water partition coefficient (Wildman–Crippen LogP) is 1.97. The Morgan fingerprint density at radius 3 is 2.52 bits per heavy atom. The molecular formula is C19H24N2O5S. The lowest BCUT2D eigenvalue weighted by Gasteiger charge is -2.16. The summed E-state index contributed by atoms with van der Waals surface area (Å²) in [5.41, 5.74) is 0. The molecule has 27 heavy (non-hydrogen) atoms. The van der Waals surface area contributed by atoms with Crippen LogP contribution in [0.5, 0.6) is 0 Å². The lowest BCUT2D eigenvalue weighted by Crippen LogP contribution is -2.45. The Bertz CT molecular complexity index is 906. The van der Waals surface area contributed by atoms with E-state index in [9.17, 15) is 18.0 Å². The molecular weight excluding hydrogens is 368 g/mol. The van der Waals surface area contributed by atoms with Crippen molar-refractivity contribution in [3.8, 4) is 0 Å². The van der Waals surface area contributed by atoms with Gasteiger partial charge in [-0.05, 0) is 17.9 Å². The molecule has 0 spiro atoms. The van der Waals surface area contributed by atoms with Crippen LogP contribution in [-0.4, -0.2) is 40.0 Å². The van der Waals surface area contributed by atoms with E-state index in [1.807, 2.05) is 25.1 Å². The van der Waals surface area contributed by atoms with E-state index in [4.69, 9.17) is 0 Å². The molecule has 1 amide bonds. The molecule has 0 heterocycles. The number of esters is 1. The molecule has 2 N–H and O–H groups in total. The van der Waals surface area contributed by atoms with E-state index in [0.717, 1.165) is 18.2 Å². The van der Waals surface area contributed by atoms with Crippen LogP contribution in [0.1, 0.15) is 26.2 Å². The molecule has 0 saturated heterocycles. The fourth-order valence-corrected chi connectivity index (χ4v) is 3.92. The topological polar surface area (TPSA) is 102 Å². The summed E-state index contributed by atoms with van der Waals surface area (Å²) in [6.45, 7) is 1.50. The highest BCUT2D eigenvalue weighted by Gasteiger charge is 2.23. The van der Waals surface area contributed by atoms with E-state index < -0.39 is 34.5 Å². The third-order valence-electron chi connectivity index (χ3n) is 4.13. The van der Waals surface area contributed by atoms with Crippen molar-refractivity contribution in [2.45, 2.75) is 37.1 Å².